The van der Waals surface area contributed by atoms with Gasteiger partial charge in [0.2, 0.25) is 5.91 Å². The van der Waals surface area contributed by atoms with Crippen LogP contribution >= 0.6 is 12.4 Å². The molecule has 2 heterocycles. The molecule has 1 aliphatic rings. The van der Waals surface area contributed by atoms with Crippen molar-refractivity contribution in [3.63, 3.8) is 0 Å². The summed E-state index contributed by atoms with van der Waals surface area (Å²) in [4.78, 5) is 12.4. The molecular weight excluding hydrogens is 357 g/mol. The van der Waals surface area contributed by atoms with Crippen molar-refractivity contribution >= 4 is 18.3 Å². The summed E-state index contributed by atoms with van der Waals surface area (Å²) in [7, 11) is 0. The first-order chi connectivity index (χ1) is 11.1. The summed E-state index contributed by atoms with van der Waals surface area (Å²) in [6, 6.07) is -0.0764. The Morgan fingerprint density at radius 1 is 1.44 bits per heavy atom. The minimum absolute atomic E-state index is 0. The second kappa shape index (κ2) is 8.40. The molecule has 0 saturated carbocycles. The van der Waals surface area contributed by atoms with Crippen molar-refractivity contribution in [2.75, 3.05) is 6.54 Å². The summed E-state index contributed by atoms with van der Waals surface area (Å²) in [5.41, 5.74) is 1.62. The Bertz CT molecular complexity index is 603. The van der Waals surface area contributed by atoms with E-state index in [2.05, 4.69) is 15.7 Å². The van der Waals surface area contributed by atoms with Crippen molar-refractivity contribution in [2.45, 2.75) is 65.3 Å². The third-order valence-corrected chi connectivity index (χ3v) is 4.55. The smallest absolute Gasteiger partial charge is 0.349 e. The van der Waals surface area contributed by atoms with Crippen LogP contribution in [0.5, 0.6) is 0 Å². The molecule has 2 rings (SSSR count). The van der Waals surface area contributed by atoms with E-state index in [1.54, 1.807) is 20.8 Å². The lowest BCUT2D eigenvalue weighted by molar-refractivity contribution is -0.143. The third-order valence-electron chi connectivity index (χ3n) is 4.55. The highest BCUT2D eigenvalue weighted by Gasteiger charge is 2.31. The molecule has 0 spiro atoms. The van der Waals surface area contributed by atoms with Gasteiger partial charge in [-0.15, -0.1) is 12.4 Å². The summed E-state index contributed by atoms with van der Waals surface area (Å²) in [6.07, 6.45) is -2.78. The standard InChI is InChI=1S/C16H25F3N4O.ClH/c1-9-7-13(5-6-20-9)15(24)21-10(2)14-11(3)22-23(12(14)4)8-16(17,18)19;/h9-10,13,20H,5-8H2,1-4H3,(H,21,24);1H/t9-,10?,13-;/m0./s1. The number of rotatable bonds is 4. The summed E-state index contributed by atoms with van der Waals surface area (Å²) in [5, 5.41) is 10.2. The molecule has 0 bridgehead atoms. The molecular formula is C16H26ClF3N4O. The summed E-state index contributed by atoms with van der Waals surface area (Å²) >= 11 is 0. The van der Waals surface area contributed by atoms with E-state index in [1.807, 2.05) is 6.92 Å². The maximum absolute atomic E-state index is 12.6. The molecule has 1 aromatic heterocycles. The molecule has 25 heavy (non-hydrogen) atoms. The number of carbonyl (C=O) groups excluding carboxylic acids is 1. The molecule has 0 radical (unpaired) electrons. The number of aryl methyl sites for hydroxylation is 1. The van der Waals surface area contributed by atoms with Gasteiger partial charge < -0.3 is 10.6 Å². The molecule has 1 aromatic rings. The zero-order chi connectivity index (χ0) is 18.1. The monoisotopic (exact) mass is 382 g/mol. The first-order valence-corrected chi connectivity index (χ1v) is 8.23. The fraction of sp³-hybridized carbons (Fsp3) is 0.750. The molecule has 1 saturated heterocycles. The van der Waals surface area contributed by atoms with Crippen LogP contribution < -0.4 is 10.6 Å². The van der Waals surface area contributed by atoms with Gasteiger partial charge in [-0.1, -0.05) is 0 Å². The molecule has 1 amide bonds. The molecule has 5 nitrogen and oxygen atoms in total. The average Bonchev–Trinajstić information content (AvgIpc) is 2.71. The quantitative estimate of drug-likeness (QED) is 0.841. The predicted molar refractivity (Wildman–Crippen MR) is 91.8 cm³/mol. The zero-order valence-corrected chi connectivity index (χ0v) is 15.7. The molecule has 2 N–H and O–H groups in total. The van der Waals surface area contributed by atoms with E-state index in [-0.39, 0.29) is 30.3 Å². The van der Waals surface area contributed by atoms with Crippen LogP contribution in [0.2, 0.25) is 0 Å². The van der Waals surface area contributed by atoms with Gasteiger partial charge in [0.15, 0.2) is 0 Å². The minimum atomic E-state index is -4.32. The normalized spacial score (nSPS) is 22.2. The van der Waals surface area contributed by atoms with Crippen molar-refractivity contribution in [1.82, 2.24) is 20.4 Å². The highest BCUT2D eigenvalue weighted by Crippen LogP contribution is 2.26. The number of nitrogens with one attached hydrogen (secondary N) is 2. The molecule has 0 aromatic carbocycles. The number of hydrogen-bond donors (Lipinski definition) is 2. The molecule has 1 unspecified atom stereocenters. The summed E-state index contributed by atoms with van der Waals surface area (Å²) in [6.45, 7) is 6.79. The van der Waals surface area contributed by atoms with E-state index in [9.17, 15) is 18.0 Å². The van der Waals surface area contributed by atoms with Crippen molar-refractivity contribution in [3.8, 4) is 0 Å². The molecule has 1 aliphatic heterocycles. The van der Waals surface area contributed by atoms with Gasteiger partial charge in [-0.05, 0) is 47.1 Å². The van der Waals surface area contributed by atoms with Gasteiger partial charge >= 0.3 is 6.18 Å². The van der Waals surface area contributed by atoms with Crippen LogP contribution in [-0.4, -0.2) is 34.5 Å². The SMILES string of the molecule is Cc1nn(CC(F)(F)F)c(C)c1C(C)NC(=O)[C@H]1CCN[C@@H](C)C1.Cl. The van der Waals surface area contributed by atoms with Crippen LogP contribution in [0, 0.1) is 19.8 Å². The lowest BCUT2D eigenvalue weighted by atomic mass is 9.92. The highest BCUT2D eigenvalue weighted by molar-refractivity contribution is 5.85. The Kier molecular flexibility index (Phi) is 7.31. The van der Waals surface area contributed by atoms with Gasteiger partial charge in [0.05, 0.1) is 11.7 Å². The second-order valence-corrected chi connectivity index (χ2v) is 6.66. The Balaban J connectivity index is 0.00000312. The Labute approximate surface area is 152 Å². The predicted octanol–water partition coefficient (Wildman–Crippen LogP) is 3.05. The topological polar surface area (TPSA) is 59.0 Å². The fourth-order valence-corrected chi connectivity index (χ4v) is 3.43. The zero-order valence-electron chi connectivity index (χ0n) is 14.9. The van der Waals surface area contributed by atoms with Crippen LogP contribution in [0.15, 0.2) is 0 Å². The second-order valence-electron chi connectivity index (χ2n) is 6.66. The Morgan fingerprint density at radius 2 is 2.08 bits per heavy atom. The maximum atomic E-state index is 12.6. The van der Waals surface area contributed by atoms with Crippen LogP contribution in [0.25, 0.3) is 0 Å². The third kappa shape index (κ3) is 5.60. The van der Waals surface area contributed by atoms with Crippen LogP contribution in [0.4, 0.5) is 13.2 Å². The van der Waals surface area contributed by atoms with E-state index in [4.69, 9.17) is 0 Å². The van der Waals surface area contributed by atoms with Crippen molar-refractivity contribution in [2.24, 2.45) is 5.92 Å². The molecule has 144 valence electrons. The van der Waals surface area contributed by atoms with Gasteiger partial charge in [0, 0.05) is 23.2 Å². The molecule has 9 heteroatoms. The van der Waals surface area contributed by atoms with Gasteiger partial charge in [0.1, 0.15) is 6.54 Å². The van der Waals surface area contributed by atoms with E-state index >= 15 is 0 Å². The lowest BCUT2D eigenvalue weighted by Gasteiger charge is -2.28. The van der Waals surface area contributed by atoms with Gasteiger partial charge in [0.25, 0.3) is 0 Å². The maximum Gasteiger partial charge on any atom is 0.408 e. The van der Waals surface area contributed by atoms with Gasteiger partial charge in [-0.25, -0.2) is 0 Å². The lowest BCUT2D eigenvalue weighted by Crippen LogP contribution is -2.43. The average molecular weight is 383 g/mol. The van der Waals surface area contributed by atoms with Crippen LogP contribution in [0.1, 0.15) is 49.7 Å². The van der Waals surface area contributed by atoms with E-state index in [0.29, 0.717) is 23.0 Å². The van der Waals surface area contributed by atoms with E-state index < -0.39 is 12.7 Å². The first kappa shape index (κ1) is 21.8. The van der Waals surface area contributed by atoms with Crippen molar-refractivity contribution in [3.05, 3.63) is 17.0 Å². The first-order valence-electron chi connectivity index (χ1n) is 8.23. The Hall–Kier alpha value is -1.28. The number of aromatic nitrogens is 2. The molecule has 3 atom stereocenters. The number of alkyl halides is 3. The van der Waals surface area contributed by atoms with Crippen LogP contribution in [0.3, 0.4) is 0 Å². The molecule has 1 fully saturated rings. The number of nitrogens with zero attached hydrogens (tertiary/aromatic N) is 2. The minimum Gasteiger partial charge on any atom is -0.349 e. The van der Waals surface area contributed by atoms with E-state index in [1.165, 1.54) is 0 Å². The van der Waals surface area contributed by atoms with Crippen molar-refractivity contribution < 1.29 is 18.0 Å². The number of amides is 1. The van der Waals surface area contributed by atoms with Gasteiger partial charge in [-0.2, -0.15) is 18.3 Å². The Morgan fingerprint density at radius 3 is 2.64 bits per heavy atom. The van der Waals surface area contributed by atoms with Crippen LogP contribution in [-0.2, 0) is 11.3 Å². The number of carbonyl (C=O) groups is 1. The van der Waals surface area contributed by atoms with E-state index in [0.717, 1.165) is 24.1 Å². The number of hydrogen-bond acceptors (Lipinski definition) is 3. The summed E-state index contributed by atoms with van der Waals surface area (Å²) in [5.74, 6) is -0.104. The number of halogens is 4. The molecule has 0 aliphatic carbocycles. The van der Waals surface area contributed by atoms with Gasteiger partial charge in [-0.3, -0.25) is 9.48 Å². The summed E-state index contributed by atoms with van der Waals surface area (Å²) < 4.78 is 38.8. The number of piperidine rings is 1. The largest absolute Gasteiger partial charge is 0.408 e. The fourth-order valence-electron chi connectivity index (χ4n) is 3.43. The highest BCUT2D eigenvalue weighted by atomic mass is 35.5. The van der Waals surface area contributed by atoms with Crippen molar-refractivity contribution in [1.29, 1.82) is 0 Å².